The molecule has 1 unspecified atom stereocenters. The molecule has 0 aliphatic carbocycles. The standard InChI is InChI=1S/C13H22BrClN2/c1-6-10-12(14)11(17(5)16-10)7-9(8-15)13(2,3)4/h9H,6-8H2,1-5H3. The first-order chi connectivity index (χ1) is 7.81. The van der Waals surface area contributed by atoms with Crippen LogP contribution in [-0.4, -0.2) is 15.7 Å². The maximum Gasteiger partial charge on any atom is 0.0766 e. The first-order valence-corrected chi connectivity index (χ1v) is 7.40. The molecule has 98 valence electrons. The van der Waals surface area contributed by atoms with Crippen LogP contribution in [0.3, 0.4) is 0 Å². The largest absolute Gasteiger partial charge is 0.271 e. The summed E-state index contributed by atoms with van der Waals surface area (Å²) in [5, 5.41) is 4.52. The Labute approximate surface area is 118 Å². The van der Waals surface area contributed by atoms with Crippen molar-refractivity contribution in [3.05, 3.63) is 15.9 Å². The lowest BCUT2D eigenvalue weighted by molar-refractivity contribution is 0.260. The topological polar surface area (TPSA) is 17.8 Å². The summed E-state index contributed by atoms with van der Waals surface area (Å²) < 4.78 is 3.13. The van der Waals surface area contributed by atoms with Gasteiger partial charge in [0.25, 0.3) is 0 Å². The monoisotopic (exact) mass is 320 g/mol. The lowest BCUT2D eigenvalue weighted by Gasteiger charge is -2.29. The second-order valence-electron chi connectivity index (χ2n) is 5.61. The first-order valence-electron chi connectivity index (χ1n) is 6.07. The third kappa shape index (κ3) is 3.47. The van der Waals surface area contributed by atoms with Gasteiger partial charge in [-0.25, -0.2) is 0 Å². The molecular weight excluding hydrogens is 300 g/mol. The van der Waals surface area contributed by atoms with E-state index in [1.54, 1.807) is 0 Å². The van der Waals surface area contributed by atoms with Crippen molar-refractivity contribution in [3.8, 4) is 0 Å². The molecule has 1 aromatic rings. The maximum atomic E-state index is 6.10. The molecule has 1 rings (SSSR count). The fourth-order valence-corrected chi connectivity index (χ4v) is 3.22. The molecular formula is C13H22BrClN2. The molecule has 0 aliphatic rings. The van der Waals surface area contributed by atoms with Crippen molar-refractivity contribution >= 4 is 27.5 Å². The number of halogens is 2. The summed E-state index contributed by atoms with van der Waals surface area (Å²) >= 11 is 9.76. The highest BCUT2D eigenvalue weighted by atomic mass is 79.9. The minimum absolute atomic E-state index is 0.220. The van der Waals surface area contributed by atoms with Crippen molar-refractivity contribution < 1.29 is 0 Å². The predicted molar refractivity (Wildman–Crippen MR) is 77.7 cm³/mol. The van der Waals surface area contributed by atoms with Crippen molar-refractivity contribution in [3.63, 3.8) is 0 Å². The van der Waals surface area contributed by atoms with Gasteiger partial charge in [-0.05, 0) is 40.1 Å². The number of aromatic nitrogens is 2. The number of nitrogens with zero attached hydrogens (tertiary/aromatic N) is 2. The van der Waals surface area contributed by atoms with E-state index in [0.717, 1.165) is 23.0 Å². The van der Waals surface area contributed by atoms with Crippen LogP contribution in [0.1, 0.15) is 39.1 Å². The van der Waals surface area contributed by atoms with Gasteiger partial charge in [0, 0.05) is 12.9 Å². The molecule has 0 saturated carbocycles. The van der Waals surface area contributed by atoms with Crippen LogP contribution < -0.4 is 0 Å². The van der Waals surface area contributed by atoms with Gasteiger partial charge in [-0.15, -0.1) is 11.6 Å². The summed E-state index contributed by atoms with van der Waals surface area (Å²) in [4.78, 5) is 0. The van der Waals surface area contributed by atoms with Crippen LogP contribution in [0, 0.1) is 11.3 Å². The van der Waals surface area contributed by atoms with Crippen LogP contribution in [0.4, 0.5) is 0 Å². The van der Waals surface area contributed by atoms with E-state index in [1.807, 2.05) is 11.7 Å². The molecule has 4 heteroatoms. The summed E-state index contributed by atoms with van der Waals surface area (Å²) in [7, 11) is 2.01. The third-order valence-corrected chi connectivity index (χ3v) is 4.64. The van der Waals surface area contributed by atoms with Crippen LogP contribution >= 0.6 is 27.5 Å². The number of aryl methyl sites for hydroxylation is 2. The van der Waals surface area contributed by atoms with Crippen molar-refractivity contribution in [1.82, 2.24) is 9.78 Å². The molecule has 0 radical (unpaired) electrons. The molecule has 0 saturated heterocycles. The Bertz CT molecular complexity index is 380. The zero-order valence-electron chi connectivity index (χ0n) is 11.3. The van der Waals surface area contributed by atoms with Gasteiger partial charge in [-0.1, -0.05) is 27.7 Å². The Balaban J connectivity index is 2.98. The number of alkyl halides is 1. The smallest absolute Gasteiger partial charge is 0.0766 e. The molecule has 1 heterocycles. The molecule has 0 aromatic carbocycles. The van der Waals surface area contributed by atoms with Gasteiger partial charge in [0.1, 0.15) is 0 Å². The SMILES string of the molecule is CCc1nn(C)c(CC(CCl)C(C)(C)C)c1Br. The molecule has 0 N–H and O–H groups in total. The highest BCUT2D eigenvalue weighted by Crippen LogP contribution is 2.33. The van der Waals surface area contributed by atoms with Gasteiger partial charge < -0.3 is 0 Å². The van der Waals surface area contributed by atoms with Crippen molar-refractivity contribution in [2.24, 2.45) is 18.4 Å². The number of hydrogen-bond donors (Lipinski definition) is 0. The molecule has 0 amide bonds. The quantitative estimate of drug-likeness (QED) is 0.760. The highest BCUT2D eigenvalue weighted by molar-refractivity contribution is 9.10. The van der Waals surface area contributed by atoms with E-state index < -0.39 is 0 Å². The van der Waals surface area contributed by atoms with Gasteiger partial charge in [-0.3, -0.25) is 4.68 Å². The summed E-state index contributed by atoms with van der Waals surface area (Å²) in [6, 6.07) is 0. The van der Waals surface area contributed by atoms with Gasteiger partial charge in [0.2, 0.25) is 0 Å². The zero-order chi connectivity index (χ0) is 13.2. The average Bonchev–Trinajstić information content (AvgIpc) is 2.49. The Hall–Kier alpha value is -0.0200. The lowest BCUT2D eigenvalue weighted by atomic mass is 9.79. The molecule has 0 spiro atoms. The van der Waals surface area contributed by atoms with E-state index in [9.17, 15) is 0 Å². The molecule has 17 heavy (non-hydrogen) atoms. The minimum Gasteiger partial charge on any atom is -0.271 e. The van der Waals surface area contributed by atoms with Gasteiger partial charge in [0.05, 0.1) is 15.9 Å². The van der Waals surface area contributed by atoms with Gasteiger partial charge >= 0.3 is 0 Å². The fraction of sp³-hybridized carbons (Fsp3) is 0.769. The summed E-state index contributed by atoms with van der Waals surface area (Å²) in [5.74, 6) is 1.14. The van der Waals surface area contributed by atoms with Crippen LogP contribution in [0.25, 0.3) is 0 Å². The molecule has 1 aromatic heterocycles. The van der Waals surface area contributed by atoms with Crippen molar-refractivity contribution in [1.29, 1.82) is 0 Å². The highest BCUT2D eigenvalue weighted by Gasteiger charge is 2.26. The van der Waals surface area contributed by atoms with Crippen LogP contribution in [0.5, 0.6) is 0 Å². The van der Waals surface area contributed by atoms with Crippen LogP contribution in [-0.2, 0) is 19.9 Å². The molecule has 0 fully saturated rings. The molecule has 0 bridgehead atoms. The van der Waals surface area contributed by atoms with E-state index in [0.29, 0.717) is 11.8 Å². The van der Waals surface area contributed by atoms with Crippen LogP contribution in [0.15, 0.2) is 4.47 Å². The van der Waals surface area contributed by atoms with E-state index in [2.05, 4.69) is 48.7 Å². The Morgan fingerprint density at radius 3 is 2.35 bits per heavy atom. The normalized spacial score (nSPS) is 14.1. The second-order valence-corrected chi connectivity index (χ2v) is 6.71. The lowest BCUT2D eigenvalue weighted by Crippen LogP contribution is -2.25. The number of rotatable bonds is 4. The van der Waals surface area contributed by atoms with E-state index >= 15 is 0 Å². The maximum absolute atomic E-state index is 6.10. The van der Waals surface area contributed by atoms with Crippen molar-refractivity contribution in [2.75, 3.05) is 5.88 Å². The minimum atomic E-state index is 0.220. The molecule has 0 aliphatic heterocycles. The second kappa shape index (κ2) is 5.75. The molecule has 1 atom stereocenters. The average molecular weight is 322 g/mol. The van der Waals surface area contributed by atoms with Gasteiger partial charge in [0.15, 0.2) is 0 Å². The van der Waals surface area contributed by atoms with E-state index in [4.69, 9.17) is 11.6 Å². The predicted octanol–water partition coefficient (Wildman–Crippen LogP) is 4.19. The van der Waals surface area contributed by atoms with Gasteiger partial charge in [-0.2, -0.15) is 5.10 Å². The third-order valence-electron chi connectivity index (χ3n) is 3.35. The Kier molecular flexibility index (Phi) is 5.08. The zero-order valence-corrected chi connectivity index (χ0v) is 13.7. The molecule has 2 nitrogen and oxygen atoms in total. The van der Waals surface area contributed by atoms with E-state index in [-0.39, 0.29) is 5.41 Å². The van der Waals surface area contributed by atoms with Crippen molar-refractivity contribution in [2.45, 2.75) is 40.5 Å². The fourth-order valence-electron chi connectivity index (χ4n) is 1.87. The van der Waals surface area contributed by atoms with Crippen LogP contribution in [0.2, 0.25) is 0 Å². The summed E-state index contributed by atoms with van der Waals surface area (Å²) in [6.45, 7) is 8.85. The Morgan fingerprint density at radius 1 is 1.41 bits per heavy atom. The van der Waals surface area contributed by atoms with E-state index in [1.165, 1.54) is 5.69 Å². The Morgan fingerprint density at radius 2 is 2.00 bits per heavy atom. The summed E-state index contributed by atoms with van der Waals surface area (Å²) in [6.07, 6.45) is 1.92. The first kappa shape index (κ1) is 15.0. The number of hydrogen-bond acceptors (Lipinski definition) is 1. The summed E-state index contributed by atoms with van der Waals surface area (Å²) in [5.41, 5.74) is 2.60.